The van der Waals surface area contributed by atoms with Gasteiger partial charge in [0.05, 0.1) is 16.9 Å². The molecule has 0 spiro atoms. The molecular weight excluding hydrogens is 252 g/mol. The van der Waals surface area contributed by atoms with Crippen LogP contribution in [0.25, 0.3) is 6.08 Å². The fourth-order valence-electron chi connectivity index (χ4n) is 1.51. The number of hydrogen-bond donors (Lipinski definition) is 1. The zero-order valence-electron chi connectivity index (χ0n) is 9.45. The second-order valence-corrected chi connectivity index (χ2v) is 4.11. The molecule has 1 heterocycles. The molecule has 0 aliphatic carbocycles. The lowest BCUT2D eigenvalue weighted by molar-refractivity contribution is 0.0697. The molecule has 0 atom stereocenters. The Kier molecular flexibility index (Phi) is 3.79. The topological polar surface area (TPSA) is 55.1 Å². The molecule has 5 heteroatoms. The van der Waals surface area contributed by atoms with Crippen LogP contribution >= 0.6 is 11.6 Å². The van der Waals surface area contributed by atoms with Crippen molar-refractivity contribution in [3.8, 4) is 0 Å². The molecule has 1 N–H and O–H groups in total. The standard InChI is InChI=1S/C13H11ClN2O2/c14-12-8-10(3-4-11(12)13(17)18)2-1-6-16-7-5-15-9-16/h1-5,7-9H,6H2,(H,17,18). The predicted molar refractivity (Wildman–Crippen MR) is 69.7 cm³/mol. The smallest absolute Gasteiger partial charge is 0.337 e. The molecule has 2 aromatic rings. The van der Waals surface area contributed by atoms with Crippen LogP contribution in [0.3, 0.4) is 0 Å². The van der Waals surface area contributed by atoms with Crippen molar-refractivity contribution >= 4 is 23.6 Å². The lowest BCUT2D eigenvalue weighted by atomic mass is 10.1. The van der Waals surface area contributed by atoms with E-state index < -0.39 is 5.97 Å². The number of allylic oxidation sites excluding steroid dienone is 1. The van der Waals surface area contributed by atoms with Crippen LogP contribution in [-0.4, -0.2) is 20.6 Å². The van der Waals surface area contributed by atoms with Crippen molar-refractivity contribution in [2.75, 3.05) is 0 Å². The van der Waals surface area contributed by atoms with E-state index in [1.54, 1.807) is 24.7 Å². The Morgan fingerprint density at radius 3 is 2.94 bits per heavy atom. The zero-order chi connectivity index (χ0) is 13.0. The first kappa shape index (κ1) is 12.4. The lowest BCUT2D eigenvalue weighted by Crippen LogP contribution is -1.97. The van der Waals surface area contributed by atoms with Gasteiger partial charge < -0.3 is 9.67 Å². The third-order valence-corrected chi connectivity index (χ3v) is 2.72. The highest BCUT2D eigenvalue weighted by Gasteiger charge is 2.07. The van der Waals surface area contributed by atoms with Crippen LogP contribution in [-0.2, 0) is 6.54 Å². The van der Waals surface area contributed by atoms with E-state index in [1.807, 2.05) is 22.9 Å². The summed E-state index contributed by atoms with van der Waals surface area (Å²) in [6.07, 6.45) is 9.15. The highest BCUT2D eigenvalue weighted by Crippen LogP contribution is 2.18. The molecule has 18 heavy (non-hydrogen) atoms. The van der Waals surface area contributed by atoms with Gasteiger partial charge >= 0.3 is 5.97 Å². The summed E-state index contributed by atoms with van der Waals surface area (Å²) in [4.78, 5) is 14.7. The van der Waals surface area contributed by atoms with Crippen molar-refractivity contribution in [3.05, 3.63) is 59.1 Å². The number of aromatic carboxylic acids is 1. The van der Waals surface area contributed by atoms with Gasteiger partial charge in [0.1, 0.15) is 0 Å². The van der Waals surface area contributed by atoms with E-state index in [4.69, 9.17) is 16.7 Å². The SMILES string of the molecule is O=C(O)c1ccc(C=CCn2ccnc2)cc1Cl. The van der Waals surface area contributed by atoms with Gasteiger partial charge in [-0.25, -0.2) is 9.78 Å². The third-order valence-electron chi connectivity index (χ3n) is 2.41. The molecule has 92 valence electrons. The average Bonchev–Trinajstić information content (AvgIpc) is 2.81. The van der Waals surface area contributed by atoms with Crippen molar-refractivity contribution in [1.29, 1.82) is 0 Å². The van der Waals surface area contributed by atoms with E-state index >= 15 is 0 Å². The fraction of sp³-hybridized carbons (Fsp3) is 0.0769. The van der Waals surface area contributed by atoms with E-state index in [9.17, 15) is 4.79 Å². The molecule has 0 unspecified atom stereocenters. The van der Waals surface area contributed by atoms with Crippen LogP contribution in [0.4, 0.5) is 0 Å². The Morgan fingerprint density at radius 1 is 1.50 bits per heavy atom. The molecular formula is C13H11ClN2O2. The van der Waals surface area contributed by atoms with Crippen LogP contribution in [0, 0.1) is 0 Å². The Balaban J connectivity index is 2.08. The van der Waals surface area contributed by atoms with E-state index in [0.717, 1.165) is 5.56 Å². The van der Waals surface area contributed by atoms with E-state index in [-0.39, 0.29) is 10.6 Å². The first-order chi connectivity index (χ1) is 8.66. The monoisotopic (exact) mass is 262 g/mol. The van der Waals surface area contributed by atoms with Gasteiger partial charge in [-0.2, -0.15) is 0 Å². The van der Waals surface area contributed by atoms with E-state index in [1.165, 1.54) is 6.07 Å². The summed E-state index contributed by atoms with van der Waals surface area (Å²) in [5.74, 6) is -1.02. The Labute approximate surface area is 109 Å². The van der Waals surface area contributed by atoms with Gasteiger partial charge in [-0.1, -0.05) is 29.8 Å². The second kappa shape index (κ2) is 5.51. The predicted octanol–water partition coefficient (Wildman–Crippen LogP) is 2.95. The molecule has 2 rings (SSSR count). The third kappa shape index (κ3) is 2.99. The maximum atomic E-state index is 10.8. The number of nitrogens with zero attached hydrogens (tertiary/aromatic N) is 2. The lowest BCUT2D eigenvalue weighted by Gasteiger charge is -2.00. The minimum Gasteiger partial charge on any atom is -0.478 e. The Hall–Kier alpha value is -2.07. The number of rotatable bonds is 4. The van der Waals surface area contributed by atoms with Gasteiger partial charge in [-0.05, 0) is 17.7 Å². The molecule has 0 amide bonds. The van der Waals surface area contributed by atoms with E-state index in [0.29, 0.717) is 6.54 Å². The van der Waals surface area contributed by atoms with Gasteiger partial charge in [0, 0.05) is 18.9 Å². The van der Waals surface area contributed by atoms with Crippen molar-refractivity contribution in [2.45, 2.75) is 6.54 Å². The summed E-state index contributed by atoms with van der Waals surface area (Å²) < 4.78 is 1.92. The van der Waals surface area contributed by atoms with Gasteiger partial charge in [0.15, 0.2) is 0 Å². The highest BCUT2D eigenvalue weighted by atomic mass is 35.5. The summed E-state index contributed by atoms with van der Waals surface area (Å²) in [6.45, 7) is 0.707. The molecule has 0 saturated heterocycles. The number of imidazole rings is 1. The summed E-state index contributed by atoms with van der Waals surface area (Å²) in [5.41, 5.74) is 0.980. The fourth-order valence-corrected chi connectivity index (χ4v) is 1.78. The van der Waals surface area contributed by atoms with Crippen molar-refractivity contribution in [3.63, 3.8) is 0 Å². The number of carboxylic acids is 1. The Morgan fingerprint density at radius 2 is 2.33 bits per heavy atom. The number of carboxylic acid groups (broad SMARTS) is 1. The molecule has 0 radical (unpaired) electrons. The van der Waals surface area contributed by atoms with Crippen LogP contribution in [0.5, 0.6) is 0 Å². The summed E-state index contributed by atoms with van der Waals surface area (Å²) in [7, 11) is 0. The Bertz CT molecular complexity index is 577. The first-order valence-corrected chi connectivity index (χ1v) is 5.70. The first-order valence-electron chi connectivity index (χ1n) is 5.32. The number of benzene rings is 1. The number of halogens is 1. The molecule has 0 bridgehead atoms. The molecule has 0 saturated carbocycles. The molecule has 0 aliphatic heterocycles. The van der Waals surface area contributed by atoms with Gasteiger partial charge in [-0.3, -0.25) is 0 Å². The summed E-state index contributed by atoms with van der Waals surface area (Å²) in [6, 6.07) is 4.86. The van der Waals surface area contributed by atoms with Crippen molar-refractivity contribution in [2.24, 2.45) is 0 Å². The summed E-state index contributed by atoms with van der Waals surface area (Å²) in [5, 5.41) is 9.09. The molecule has 4 nitrogen and oxygen atoms in total. The average molecular weight is 263 g/mol. The van der Waals surface area contributed by atoms with Gasteiger partial charge in [0.2, 0.25) is 0 Å². The molecule has 1 aromatic carbocycles. The number of carbonyl (C=O) groups is 1. The molecule has 0 aliphatic rings. The normalized spacial score (nSPS) is 10.9. The van der Waals surface area contributed by atoms with Crippen LogP contribution < -0.4 is 0 Å². The van der Waals surface area contributed by atoms with Crippen LogP contribution in [0.2, 0.25) is 5.02 Å². The summed E-state index contributed by atoms with van der Waals surface area (Å²) >= 11 is 5.87. The molecule has 1 aromatic heterocycles. The van der Waals surface area contributed by atoms with Gasteiger partial charge in [0.25, 0.3) is 0 Å². The van der Waals surface area contributed by atoms with E-state index in [2.05, 4.69) is 4.98 Å². The highest BCUT2D eigenvalue weighted by molar-refractivity contribution is 6.33. The molecule has 0 fully saturated rings. The maximum Gasteiger partial charge on any atom is 0.337 e. The number of hydrogen-bond acceptors (Lipinski definition) is 2. The minimum atomic E-state index is -1.02. The zero-order valence-corrected chi connectivity index (χ0v) is 10.2. The minimum absolute atomic E-state index is 0.114. The number of aromatic nitrogens is 2. The maximum absolute atomic E-state index is 10.8. The van der Waals surface area contributed by atoms with Crippen molar-refractivity contribution in [1.82, 2.24) is 9.55 Å². The largest absolute Gasteiger partial charge is 0.478 e. The van der Waals surface area contributed by atoms with Crippen molar-refractivity contribution < 1.29 is 9.90 Å². The quantitative estimate of drug-likeness (QED) is 0.922. The second-order valence-electron chi connectivity index (χ2n) is 3.71. The van der Waals surface area contributed by atoms with Crippen LogP contribution in [0.15, 0.2) is 43.0 Å². The van der Waals surface area contributed by atoms with Gasteiger partial charge in [-0.15, -0.1) is 0 Å². The van der Waals surface area contributed by atoms with Crippen LogP contribution in [0.1, 0.15) is 15.9 Å².